The number of nitro benzene ring substituents is 1. The summed E-state index contributed by atoms with van der Waals surface area (Å²) in [6.07, 6.45) is 0. The van der Waals surface area contributed by atoms with Crippen molar-refractivity contribution in [1.82, 2.24) is 10.1 Å². The number of para-hydroxylation sites is 1. The molecule has 0 bridgehead atoms. The van der Waals surface area contributed by atoms with Gasteiger partial charge in [0, 0.05) is 12.1 Å². The lowest BCUT2D eigenvalue weighted by atomic mass is 10.1. The molecule has 0 radical (unpaired) electrons. The van der Waals surface area contributed by atoms with E-state index in [1.54, 1.807) is 18.2 Å². The minimum absolute atomic E-state index is 0.0525. The molecular formula is C12H14N4O3. The molecule has 0 amide bonds. The largest absolute Gasteiger partial charge is 0.339 e. The zero-order valence-electron chi connectivity index (χ0n) is 10.6. The van der Waals surface area contributed by atoms with Gasteiger partial charge in [-0.05, 0) is 13.0 Å². The van der Waals surface area contributed by atoms with E-state index in [1.165, 1.54) is 6.07 Å². The third-order valence-corrected chi connectivity index (χ3v) is 2.96. The fourth-order valence-electron chi connectivity index (χ4n) is 1.58. The molecule has 2 N–H and O–H groups in total. The molecule has 0 saturated carbocycles. The first-order chi connectivity index (χ1) is 9.00. The summed E-state index contributed by atoms with van der Waals surface area (Å²) in [7, 11) is 0. The van der Waals surface area contributed by atoms with E-state index in [2.05, 4.69) is 10.1 Å². The first-order valence-corrected chi connectivity index (χ1v) is 5.83. The summed E-state index contributed by atoms with van der Waals surface area (Å²) in [5.41, 5.74) is 6.04. The Bertz CT molecular complexity index is 594. The molecule has 1 heterocycles. The van der Waals surface area contributed by atoms with Gasteiger partial charge in [0.1, 0.15) is 5.56 Å². The molecule has 2 atom stereocenters. The summed E-state index contributed by atoms with van der Waals surface area (Å²) < 4.78 is 5.11. The van der Waals surface area contributed by atoms with Crippen molar-refractivity contribution in [3.8, 4) is 11.4 Å². The van der Waals surface area contributed by atoms with Crippen LogP contribution in [0.5, 0.6) is 0 Å². The zero-order valence-corrected chi connectivity index (χ0v) is 10.6. The van der Waals surface area contributed by atoms with Crippen molar-refractivity contribution in [2.45, 2.75) is 25.8 Å². The normalized spacial score (nSPS) is 14.1. The van der Waals surface area contributed by atoms with Crippen LogP contribution in [0, 0.1) is 10.1 Å². The lowest BCUT2D eigenvalue weighted by Crippen LogP contribution is -2.22. The maximum absolute atomic E-state index is 10.9. The number of nitrogens with zero attached hydrogens (tertiary/aromatic N) is 3. The van der Waals surface area contributed by atoms with Gasteiger partial charge in [-0.15, -0.1) is 0 Å². The van der Waals surface area contributed by atoms with Crippen LogP contribution >= 0.6 is 0 Å². The van der Waals surface area contributed by atoms with Crippen LogP contribution in [0.2, 0.25) is 0 Å². The molecule has 7 heteroatoms. The maximum Gasteiger partial charge on any atom is 0.280 e. The van der Waals surface area contributed by atoms with Crippen molar-refractivity contribution in [2.75, 3.05) is 0 Å². The molecule has 0 fully saturated rings. The monoisotopic (exact) mass is 262 g/mol. The summed E-state index contributed by atoms with van der Waals surface area (Å²) >= 11 is 0. The van der Waals surface area contributed by atoms with Crippen LogP contribution in [-0.4, -0.2) is 21.1 Å². The van der Waals surface area contributed by atoms with Gasteiger partial charge in [0.15, 0.2) is 0 Å². The average Bonchev–Trinajstić information content (AvgIpc) is 2.87. The maximum atomic E-state index is 10.9. The standard InChI is InChI=1S/C12H14N4O3/c1-7(8(2)13)12-14-11(15-19-12)9-5-3-4-6-10(9)16(17)18/h3-8H,13H2,1-2H3. The van der Waals surface area contributed by atoms with Crippen LogP contribution in [-0.2, 0) is 0 Å². The van der Waals surface area contributed by atoms with Crippen LogP contribution < -0.4 is 5.73 Å². The van der Waals surface area contributed by atoms with Gasteiger partial charge >= 0.3 is 0 Å². The highest BCUT2D eigenvalue weighted by Gasteiger charge is 2.22. The van der Waals surface area contributed by atoms with E-state index in [0.29, 0.717) is 11.5 Å². The molecule has 1 aromatic carbocycles. The first kappa shape index (κ1) is 13.2. The van der Waals surface area contributed by atoms with Gasteiger partial charge in [-0.1, -0.05) is 24.2 Å². The molecule has 2 rings (SSSR count). The van der Waals surface area contributed by atoms with Gasteiger partial charge in [-0.3, -0.25) is 10.1 Å². The van der Waals surface area contributed by atoms with E-state index in [9.17, 15) is 10.1 Å². The molecule has 19 heavy (non-hydrogen) atoms. The van der Waals surface area contributed by atoms with Gasteiger partial charge in [0.2, 0.25) is 11.7 Å². The Morgan fingerprint density at radius 3 is 2.68 bits per heavy atom. The van der Waals surface area contributed by atoms with E-state index in [0.717, 1.165) is 0 Å². The van der Waals surface area contributed by atoms with Crippen molar-refractivity contribution in [3.05, 3.63) is 40.3 Å². The van der Waals surface area contributed by atoms with E-state index >= 15 is 0 Å². The Labute approximate surface area is 109 Å². The van der Waals surface area contributed by atoms with Gasteiger partial charge in [0.05, 0.1) is 10.8 Å². The van der Waals surface area contributed by atoms with Gasteiger partial charge in [-0.25, -0.2) is 0 Å². The van der Waals surface area contributed by atoms with E-state index in [-0.39, 0.29) is 23.5 Å². The summed E-state index contributed by atoms with van der Waals surface area (Å²) in [6.45, 7) is 3.70. The summed E-state index contributed by atoms with van der Waals surface area (Å²) in [4.78, 5) is 14.7. The molecule has 0 aliphatic carbocycles. The topological polar surface area (TPSA) is 108 Å². The van der Waals surface area contributed by atoms with E-state index in [1.807, 2.05) is 13.8 Å². The van der Waals surface area contributed by atoms with Gasteiger partial charge in [0.25, 0.3) is 5.69 Å². The Hall–Kier alpha value is -2.28. The smallest absolute Gasteiger partial charge is 0.280 e. The molecule has 2 unspecified atom stereocenters. The molecule has 2 aromatic rings. The number of rotatable bonds is 4. The predicted octanol–water partition coefficient (Wildman–Crippen LogP) is 2.10. The Morgan fingerprint density at radius 1 is 1.37 bits per heavy atom. The van der Waals surface area contributed by atoms with Crippen LogP contribution in [0.4, 0.5) is 5.69 Å². The Kier molecular flexibility index (Phi) is 3.57. The number of hydrogen-bond acceptors (Lipinski definition) is 6. The Balaban J connectivity index is 2.41. The minimum Gasteiger partial charge on any atom is -0.339 e. The SMILES string of the molecule is CC(N)C(C)c1nc(-c2ccccc2[N+](=O)[O-])no1. The first-order valence-electron chi connectivity index (χ1n) is 5.83. The lowest BCUT2D eigenvalue weighted by Gasteiger charge is -2.09. The average molecular weight is 262 g/mol. The quantitative estimate of drug-likeness (QED) is 0.667. The third kappa shape index (κ3) is 2.60. The van der Waals surface area contributed by atoms with Crippen molar-refractivity contribution in [3.63, 3.8) is 0 Å². The molecule has 0 aliphatic rings. The molecule has 7 nitrogen and oxygen atoms in total. The Morgan fingerprint density at radius 2 is 2.05 bits per heavy atom. The second-order valence-corrected chi connectivity index (χ2v) is 4.38. The summed E-state index contributed by atoms with van der Waals surface area (Å²) in [6, 6.07) is 6.13. The number of benzene rings is 1. The zero-order chi connectivity index (χ0) is 14.0. The van der Waals surface area contributed by atoms with Crippen molar-refractivity contribution < 1.29 is 9.45 Å². The van der Waals surface area contributed by atoms with Crippen molar-refractivity contribution in [1.29, 1.82) is 0 Å². The second-order valence-electron chi connectivity index (χ2n) is 4.38. The molecule has 0 saturated heterocycles. The summed E-state index contributed by atoms with van der Waals surface area (Å²) in [5.74, 6) is 0.474. The van der Waals surface area contributed by atoms with Crippen LogP contribution in [0.15, 0.2) is 28.8 Å². The van der Waals surface area contributed by atoms with Crippen molar-refractivity contribution in [2.24, 2.45) is 5.73 Å². The second kappa shape index (κ2) is 5.15. The minimum atomic E-state index is -0.472. The van der Waals surface area contributed by atoms with Gasteiger partial charge < -0.3 is 10.3 Å². The number of hydrogen-bond donors (Lipinski definition) is 1. The number of nitrogens with two attached hydrogens (primary N) is 1. The lowest BCUT2D eigenvalue weighted by molar-refractivity contribution is -0.384. The van der Waals surface area contributed by atoms with Crippen molar-refractivity contribution >= 4 is 5.69 Å². The third-order valence-electron chi connectivity index (χ3n) is 2.96. The molecule has 100 valence electrons. The predicted molar refractivity (Wildman–Crippen MR) is 68.5 cm³/mol. The summed E-state index contributed by atoms with van der Waals surface area (Å²) in [5, 5.41) is 14.7. The van der Waals surface area contributed by atoms with Crippen LogP contribution in [0.3, 0.4) is 0 Å². The highest BCUT2D eigenvalue weighted by atomic mass is 16.6. The van der Waals surface area contributed by atoms with E-state index in [4.69, 9.17) is 10.3 Å². The fraction of sp³-hybridized carbons (Fsp3) is 0.333. The molecule has 0 aliphatic heterocycles. The van der Waals surface area contributed by atoms with E-state index < -0.39 is 4.92 Å². The van der Waals surface area contributed by atoms with Gasteiger partial charge in [-0.2, -0.15) is 4.98 Å². The fourth-order valence-corrected chi connectivity index (χ4v) is 1.58. The van der Waals surface area contributed by atoms with Crippen LogP contribution in [0.1, 0.15) is 25.7 Å². The molecular weight excluding hydrogens is 248 g/mol. The highest BCUT2D eigenvalue weighted by Crippen LogP contribution is 2.28. The number of nitro groups is 1. The molecule has 0 spiro atoms. The number of aromatic nitrogens is 2. The highest BCUT2D eigenvalue weighted by molar-refractivity contribution is 5.67. The van der Waals surface area contributed by atoms with Crippen LogP contribution in [0.25, 0.3) is 11.4 Å². The molecule has 1 aromatic heterocycles.